The molecule has 25 heteroatoms. The van der Waals surface area contributed by atoms with E-state index in [1.54, 1.807) is 33.9 Å². The number of hydrogen-bond acceptors (Lipinski definition) is 16. The fourth-order valence-corrected chi connectivity index (χ4v) is 9.40. The summed E-state index contributed by atoms with van der Waals surface area (Å²) in [4.78, 5) is 73.1. The molecule has 4 atom stereocenters. The maximum absolute atomic E-state index is 16.3. The van der Waals surface area contributed by atoms with Crippen LogP contribution in [-0.4, -0.2) is 217 Å². The Kier molecular flexibility index (Phi) is 27.0. The number of ether oxygens (including phenoxy) is 10. The number of rotatable bonds is 35. The molecule has 6 rings (SSSR count). The molecule has 3 aromatic rings. The number of imide groups is 1. The Hall–Kier alpha value is -6.19. The third-order valence-electron chi connectivity index (χ3n) is 13.7. The molecule has 1 aromatic heterocycles. The van der Waals surface area contributed by atoms with E-state index >= 15 is 13.6 Å². The van der Waals surface area contributed by atoms with E-state index in [0.29, 0.717) is 105 Å². The highest BCUT2D eigenvalue weighted by atomic mass is 19.1. The zero-order valence-electron chi connectivity index (χ0n) is 48.3. The predicted octanol–water partition coefficient (Wildman–Crippen LogP) is 6.11. The van der Waals surface area contributed by atoms with Crippen LogP contribution >= 0.6 is 0 Å². The van der Waals surface area contributed by atoms with Crippen LogP contribution < -0.4 is 10.6 Å². The Morgan fingerprint density at radius 3 is 1.94 bits per heavy atom. The molecule has 2 fully saturated rings. The highest BCUT2D eigenvalue weighted by Crippen LogP contribution is 2.47. The van der Waals surface area contributed by atoms with Gasteiger partial charge < -0.3 is 72.4 Å². The molecule has 2 aromatic carbocycles. The van der Waals surface area contributed by atoms with Crippen LogP contribution in [0.15, 0.2) is 66.9 Å². The summed E-state index contributed by atoms with van der Waals surface area (Å²) in [5, 5.41) is 5.59. The van der Waals surface area contributed by atoms with Crippen molar-refractivity contribution in [2.24, 2.45) is 11.3 Å². The summed E-state index contributed by atoms with van der Waals surface area (Å²) in [6.07, 6.45) is 2.04. The molecule has 0 spiro atoms. The molecule has 22 nitrogen and oxygen atoms in total. The van der Waals surface area contributed by atoms with Crippen LogP contribution in [0.3, 0.4) is 0 Å². The molecule has 3 aliphatic heterocycles. The van der Waals surface area contributed by atoms with Gasteiger partial charge in [0.2, 0.25) is 0 Å². The quantitative estimate of drug-likeness (QED) is 0.0500. The lowest BCUT2D eigenvalue weighted by molar-refractivity contribution is -0.137. The van der Waals surface area contributed by atoms with Crippen molar-refractivity contribution in [3.05, 3.63) is 89.9 Å². The summed E-state index contributed by atoms with van der Waals surface area (Å²) in [5.74, 6) is -2.55. The summed E-state index contributed by atoms with van der Waals surface area (Å²) in [6.45, 7) is 14.1. The lowest BCUT2D eigenvalue weighted by atomic mass is 9.74. The Morgan fingerprint density at radius 2 is 1.36 bits per heavy atom. The van der Waals surface area contributed by atoms with Gasteiger partial charge >= 0.3 is 18.2 Å². The van der Waals surface area contributed by atoms with Crippen LogP contribution in [0, 0.1) is 23.0 Å². The molecule has 2 N–H and O–H groups in total. The lowest BCUT2D eigenvalue weighted by Crippen LogP contribution is -2.54. The largest absolute Gasteiger partial charge is 0.447 e. The molecule has 0 radical (unpaired) electrons. The molecule has 6 amide bonds. The molecule has 0 bridgehead atoms. The number of likely N-dealkylation sites (tertiary alicyclic amines) is 1. The molecule has 460 valence electrons. The number of halogens is 3. The van der Waals surface area contributed by atoms with Crippen LogP contribution in [-0.2, 0) is 63.5 Å². The topological polar surface area (TPSA) is 229 Å². The van der Waals surface area contributed by atoms with Gasteiger partial charge in [-0.05, 0) is 69.7 Å². The van der Waals surface area contributed by atoms with Crippen molar-refractivity contribution in [1.29, 1.82) is 0 Å². The Bertz CT molecular complexity index is 2510. The lowest BCUT2D eigenvalue weighted by Gasteiger charge is -2.46. The molecule has 3 aliphatic rings. The van der Waals surface area contributed by atoms with Crippen molar-refractivity contribution >= 4 is 30.0 Å². The first-order chi connectivity index (χ1) is 39.9. The molecular weight excluding hydrogens is 1090 g/mol. The first-order valence-corrected chi connectivity index (χ1v) is 28.2. The fraction of sp³-hybridized carbons (Fsp3) is 0.621. The summed E-state index contributed by atoms with van der Waals surface area (Å²) in [7, 11) is 0. The number of benzene rings is 2. The summed E-state index contributed by atoms with van der Waals surface area (Å²) >= 11 is 0. The smallest absolute Gasteiger partial charge is 0.410 e. The van der Waals surface area contributed by atoms with Crippen molar-refractivity contribution < 1.29 is 84.5 Å². The number of urea groups is 1. The number of aromatic nitrogens is 2. The summed E-state index contributed by atoms with van der Waals surface area (Å²) in [6, 6.07) is 10.3. The maximum atomic E-state index is 16.3. The van der Waals surface area contributed by atoms with Crippen molar-refractivity contribution in [2.75, 3.05) is 145 Å². The fourth-order valence-electron chi connectivity index (χ4n) is 9.40. The molecule has 4 heterocycles. The van der Waals surface area contributed by atoms with Gasteiger partial charge in [0, 0.05) is 69.2 Å². The first-order valence-electron chi connectivity index (χ1n) is 28.2. The van der Waals surface area contributed by atoms with Crippen LogP contribution in [0.25, 0.3) is 11.3 Å². The average Bonchev–Trinajstić information content (AvgIpc) is 4.23. The van der Waals surface area contributed by atoms with E-state index < -0.39 is 65.0 Å². The standard InChI is InChI=1S/C58H82F3N7O15/c1-42(41-82-55(72)62-17-21-75-23-25-77-27-29-79-31-33-81-34-32-80-30-28-78-26-24-76-22-18-67-50(69)13-14-51(67)70)63-54(71)68(38-44-37-66(39-48(44)61)56(73)83-57(2,3)4)52(58(5)15-19-74-20-16-58)53-64-49(46-35-45(59)11-12-47(46)60)40-65(53)36-43-9-7-6-8-10-43/h6-14,35,40,42,44,48,52H,15-34,36-39,41H2,1-5H3,(H,62,72)(H,63,71). The SMILES string of the molecule is CC(COC(=O)NCCOCCOCCOCCOCCOCCOCCOCCN1C(=O)C=CC1=O)NC(=O)N(CC1CN(C(=O)OC(C)(C)C)CC1F)C(c1nc(-c2cc(F)ccc2F)cn1Cc1ccccc1)C1(C)CCOCC1. The Labute approximate surface area is 483 Å². The van der Waals surface area contributed by atoms with Crippen LogP contribution in [0.2, 0.25) is 0 Å². The van der Waals surface area contributed by atoms with Gasteiger partial charge in [-0.15, -0.1) is 0 Å². The van der Waals surface area contributed by atoms with E-state index in [0.717, 1.165) is 28.7 Å². The second-order valence-corrected chi connectivity index (χ2v) is 21.5. The zero-order chi connectivity index (χ0) is 59.6. The van der Waals surface area contributed by atoms with E-state index in [-0.39, 0.29) is 88.8 Å². The number of alkyl halides is 1. The van der Waals surface area contributed by atoms with Crippen LogP contribution in [0.1, 0.15) is 64.9 Å². The van der Waals surface area contributed by atoms with Crippen molar-refractivity contribution in [3.8, 4) is 11.3 Å². The van der Waals surface area contributed by atoms with Crippen molar-refractivity contribution in [1.82, 2.24) is 34.9 Å². The van der Waals surface area contributed by atoms with Gasteiger partial charge in [-0.1, -0.05) is 37.3 Å². The molecule has 83 heavy (non-hydrogen) atoms. The number of hydrogen-bond donors (Lipinski definition) is 2. The minimum atomic E-state index is -1.54. The highest BCUT2D eigenvalue weighted by molar-refractivity contribution is 6.12. The second-order valence-electron chi connectivity index (χ2n) is 21.5. The van der Waals surface area contributed by atoms with Gasteiger partial charge in [0.15, 0.2) is 0 Å². The maximum Gasteiger partial charge on any atom is 0.410 e. The van der Waals surface area contributed by atoms with Gasteiger partial charge in [0.25, 0.3) is 11.8 Å². The number of nitrogens with one attached hydrogen (secondary N) is 2. The number of amides is 6. The van der Waals surface area contributed by atoms with Gasteiger partial charge in [0.05, 0.1) is 123 Å². The zero-order valence-corrected chi connectivity index (χ0v) is 48.3. The van der Waals surface area contributed by atoms with E-state index in [4.69, 9.17) is 52.4 Å². The molecular formula is C58H82F3N7O15. The minimum absolute atomic E-state index is 0.0531. The Morgan fingerprint density at radius 1 is 0.795 bits per heavy atom. The first kappa shape index (κ1) is 66.0. The summed E-state index contributed by atoms with van der Waals surface area (Å²) in [5.41, 5.74) is -0.677. The molecule has 0 aliphatic carbocycles. The number of carbonyl (C=O) groups is 5. The van der Waals surface area contributed by atoms with Crippen LogP contribution in [0.5, 0.6) is 0 Å². The van der Waals surface area contributed by atoms with Gasteiger partial charge in [-0.25, -0.2) is 32.5 Å². The third kappa shape index (κ3) is 22.1. The molecule has 0 saturated carbocycles. The number of imidazole rings is 1. The predicted molar refractivity (Wildman–Crippen MR) is 296 cm³/mol. The molecule has 2 saturated heterocycles. The normalized spacial score (nSPS) is 17.7. The van der Waals surface area contributed by atoms with Gasteiger partial charge in [0.1, 0.15) is 35.8 Å². The van der Waals surface area contributed by atoms with Gasteiger partial charge in [-0.3, -0.25) is 14.5 Å². The van der Waals surface area contributed by atoms with E-state index in [1.165, 1.54) is 22.0 Å². The monoisotopic (exact) mass is 1170 g/mol. The van der Waals surface area contributed by atoms with E-state index in [2.05, 4.69) is 10.6 Å². The summed E-state index contributed by atoms with van der Waals surface area (Å²) < 4.78 is 104. The number of alkyl carbamates (subject to hydrolysis) is 1. The minimum Gasteiger partial charge on any atom is -0.447 e. The van der Waals surface area contributed by atoms with Crippen molar-refractivity contribution in [3.63, 3.8) is 0 Å². The van der Waals surface area contributed by atoms with Crippen LogP contribution in [0.4, 0.5) is 27.6 Å². The van der Waals surface area contributed by atoms with Gasteiger partial charge in [-0.2, -0.15) is 0 Å². The number of nitrogens with zero attached hydrogens (tertiary/aromatic N) is 5. The molecule has 4 unspecified atom stereocenters. The van der Waals surface area contributed by atoms with E-state index in [9.17, 15) is 23.6 Å². The second kappa shape index (κ2) is 33.9. The number of carbonyl (C=O) groups excluding carboxylic acids is 5. The van der Waals surface area contributed by atoms with Crippen molar-refractivity contribution in [2.45, 2.75) is 77.9 Å². The Balaban J connectivity index is 0.926. The van der Waals surface area contributed by atoms with E-state index in [1.807, 2.05) is 41.8 Å². The average molecular weight is 1170 g/mol. The third-order valence-corrected chi connectivity index (χ3v) is 13.7. The highest BCUT2D eigenvalue weighted by Gasteiger charge is 2.48.